The van der Waals surface area contributed by atoms with E-state index in [4.69, 9.17) is 5.11 Å². The van der Waals surface area contributed by atoms with Crippen molar-refractivity contribution < 1.29 is 9.90 Å². The van der Waals surface area contributed by atoms with Gasteiger partial charge in [-0.15, -0.1) is 21.5 Å². The fourth-order valence-electron chi connectivity index (χ4n) is 2.22. The maximum Gasteiger partial charge on any atom is 0.313 e. The van der Waals surface area contributed by atoms with Crippen molar-refractivity contribution in [3.05, 3.63) is 16.5 Å². The fraction of sp³-hybridized carbons (Fsp3) is 0.417. The fourth-order valence-corrected chi connectivity index (χ4v) is 4.13. The van der Waals surface area contributed by atoms with Crippen LogP contribution < -0.4 is 0 Å². The van der Waals surface area contributed by atoms with Crippen LogP contribution in [-0.4, -0.2) is 31.6 Å². The van der Waals surface area contributed by atoms with E-state index >= 15 is 0 Å². The smallest absolute Gasteiger partial charge is 0.313 e. The lowest BCUT2D eigenvalue weighted by atomic mass is 10.2. The summed E-state index contributed by atoms with van der Waals surface area (Å²) in [7, 11) is 1.88. The summed E-state index contributed by atoms with van der Waals surface area (Å²) >= 11 is 2.97. The number of rotatable bonds is 4. The molecule has 1 N–H and O–H groups in total. The number of thiophene rings is 1. The molecule has 0 unspecified atom stereocenters. The van der Waals surface area contributed by atoms with E-state index in [1.54, 1.807) is 11.3 Å². The van der Waals surface area contributed by atoms with Gasteiger partial charge in [-0.3, -0.25) is 4.79 Å². The van der Waals surface area contributed by atoms with Crippen molar-refractivity contribution in [3.63, 3.8) is 0 Å². The van der Waals surface area contributed by atoms with Crippen LogP contribution in [0.2, 0.25) is 0 Å². The largest absolute Gasteiger partial charge is 0.481 e. The number of aliphatic carboxylic acids is 1. The molecule has 0 saturated heterocycles. The molecule has 0 amide bonds. The molecule has 100 valence electrons. The van der Waals surface area contributed by atoms with Crippen LogP contribution >= 0.6 is 23.1 Å². The number of aromatic nitrogens is 3. The number of carbonyl (C=O) groups is 1. The van der Waals surface area contributed by atoms with Crippen LogP contribution in [0.1, 0.15) is 16.9 Å². The second kappa shape index (κ2) is 4.97. The highest BCUT2D eigenvalue weighted by molar-refractivity contribution is 7.99. The average molecular weight is 295 g/mol. The van der Waals surface area contributed by atoms with Crippen molar-refractivity contribution in [2.45, 2.75) is 24.4 Å². The number of fused-ring (bicyclic) bond motifs is 1. The lowest BCUT2D eigenvalue weighted by Crippen LogP contribution is -2.00. The van der Waals surface area contributed by atoms with Gasteiger partial charge in [0.05, 0.1) is 10.6 Å². The molecule has 1 aliphatic rings. The molecule has 2 aromatic rings. The Morgan fingerprint density at radius 1 is 1.53 bits per heavy atom. The summed E-state index contributed by atoms with van der Waals surface area (Å²) in [5.41, 5.74) is 1.43. The second-order valence-corrected chi connectivity index (χ2v) is 6.54. The molecule has 0 fully saturated rings. The zero-order valence-corrected chi connectivity index (χ0v) is 12.1. The number of thioether (sulfide) groups is 1. The summed E-state index contributed by atoms with van der Waals surface area (Å²) in [6.07, 6.45) is 3.57. The molecule has 5 nitrogen and oxygen atoms in total. The summed E-state index contributed by atoms with van der Waals surface area (Å²) in [5.74, 6) is -0.00986. The Balaban J connectivity index is 1.86. The molecule has 0 radical (unpaired) electrons. The third-order valence-corrected chi connectivity index (χ3v) is 5.36. The quantitative estimate of drug-likeness (QED) is 0.876. The molecule has 2 heterocycles. The highest BCUT2D eigenvalue weighted by Gasteiger charge is 2.19. The molecule has 0 saturated carbocycles. The number of hydrogen-bond donors (Lipinski definition) is 1. The highest BCUT2D eigenvalue weighted by Crippen LogP contribution is 2.36. The van der Waals surface area contributed by atoms with E-state index in [0.29, 0.717) is 5.16 Å². The Morgan fingerprint density at radius 3 is 3.11 bits per heavy atom. The van der Waals surface area contributed by atoms with Gasteiger partial charge in [0.15, 0.2) is 11.0 Å². The topological polar surface area (TPSA) is 68.0 Å². The zero-order valence-electron chi connectivity index (χ0n) is 10.4. The van der Waals surface area contributed by atoms with E-state index in [1.165, 1.54) is 35.0 Å². The first-order valence-electron chi connectivity index (χ1n) is 6.01. The number of aryl methyl sites for hydroxylation is 2. The minimum absolute atomic E-state index is 0.00686. The van der Waals surface area contributed by atoms with Gasteiger partial charge in [0, 0.05) is 11.9 Å². The number of carboxylic acids is 1. The zero-order chi connectivity index (χ0) is 13.4. The molecule has 3 rings (SSSR count). The van der Waals surface area contributed by atoms with Crippen molar-refractivity contribution in [3.8, 4) is 10.7 Å². The maximum absolute atomic E-state index is 10.6. The third kappa shape index (κ3) is 2.40. The summed E-state index contributed by atoms with van der Waals surface area (Å²) in [6.45, 7) is 0. The minimum Gasteiger partial charge on any atom is -0.481 e. The van der Waals surface area contributed by atoms with E-state index in [-0.39, 0.29) is 5.75 Å². The van der Waals surface area contributed by atoms with Crippen LogP contribution in [0.4, 0.5) is 0 Å². The van der Waals surface area contributed by atoms with Crippen LogP contribution in [0.15, 0.2) is 11.2 Å². The van der Waals surface area contributed by atoms with Crippen molar-refractivity contribution in [2.75, 3.05) is 5.75 Å². The number of hydrogen-bond acceptors (Lipinski definition) is 5. The molecule has 0 aromatic carbocycles. The van der Waals surface area contributed by atoms with Gasteiger partial charge in [-0.1, -0.05) is 11.8 Å². The molecule has 1 aliphatic carbocycles. The Morgan fingerprint density at radius 2 is 2.37 bits per heavy atom. The standard InChI is InChI=1S/C12H13N3O2S2/c1-15-11(13-14-12(15)18-6-10(16)17)9-5-7-3-2-4-8(7)19-9/h5H,2-4,6H2,1H3,(H,16,17). The predicted octanol–water partition coefficient (Wildman–Crippen LogP) is 2.21. The van der Waals surface area contributed by atoms with Crippen molar-refractivity contribution in [1.82, 2.24) is 14.8 Å². The van der Waals surface area contributed by atoms with Gasteiger partial charge < -0.3 is 9.67 Å². The normalized spacial score (nSPS) is 13.7. The van der Waals surface area contributed by atoms with E-state index < -0.39 is 5.97 Å². The van der Waals surface area contributed by atoms with Crippen molar-refractivity contribution in [2.24, 2.45) is 7.05 Å². The summed E-state index contributed by atoms with van der Waals surface area (Å²) in [5, 5.41) is 17.6. The number of nitrogens with zero attached hydrogens (tertiary/aromatic N) is 3. The minimum atomic E-state index is -0.843. The van der Waals surface area contributed by atoms with Crippen LogP contribution in [0.5, 0.6) is 0 Å². The monoisotopic (exact) mass is 295 g/mol. The number of carboxylic acid groups (broad SMARTS) is 1. The third-order valence-electron chi connectivity index (χ3n) is 3.13. The first kappa shape index (κ1) is 12.7. The van der Waals surface area contributed by atoms with E-state index in [9.17, 15) is 4.79 Å². The molecular weight excluding hydrogens is 282 g/mol. The van der Waals surface area contributed by atoms with Crippen LogP contribution in [-0.2, 0) is 24.7 Å². The Labute approximate surface area is 118 Å². The maximum atomic E-state index is 10.6. The van der Waals surface area contributed by atoms with Gasteiger partial charge in [-0.2, -0.15) is 0 Å². The van der Waals surface area contributed by atoms with Crippen molar-refractivity contribution >= 4 is 29.1 Å². The highest BCUT2D eigenvalue weighted by atomic mass is 32.2. The van der Waals surface area contributed by atoms with Crippen LogP contribution in [0.25, 0.3) is 10.7 Å². The molecular formula is C12H13N3O2S2. The lowest BCUT2D eigenvalue weighted by molar-refractivity contribution is -0.133. The molecule has 2 aromatic heterocycles. The SMILES string of the molecule is Cn1c(SCC(=O)O)nnc1-c1cc2c(s1)CCC2. The second-order valence-electron chi connectivity index (χ2n) is 4.46. The molecule has 0 aliphatic heterocycles. The molecule has 19 heavy (non-hydrogen) atoms. The van der Waals surface area contributed by atoms with Crippen molar-refractivity contribution in [1.29, 1.82) is 0 Å². The lowest BCUT2D eigenvalue weighted by Gasteiger charge is -2.00. The van der Waals surface area contributed by atoms with Gasteiger partial charge in [0.2, 0.25) is 0 Å². The Hall–Kier alpha value is -1.34. The van der Waals surface area contributed by atoms with Gasteiger partial charge in [-0.25, -0.2) is 0 Å². The van der Waals surface area contributed by atoms with E-state index in [2.05, 4.69) is 16.3 Å². The first-order chi connectivity index (χ1) is 9.15. The van der Waals surface area contributed by atoms with Gasteiger partial charge >= 0.3 is 5.97 Å². The van der Waals surface area contributed by atoms with Crippen LogP contribution in [0.3, 0.4) is 0 Å². The van der Waals surface area contributed by atoms with Gasteiger partial charge in [-0.05, 0) is 30.9 Å². The molecule has 7 heteroatoms. The van der Waals surface area contributed by atoms with Gasteiger partial charge in [0.1, 0.15) is 0 Å². The molecule has 0 atom stereocenters. The Kier molecular flexibility index (Phi) is 3.32. The van der Waals surface area contributed by atoms with Crippen LogP contribution in [0, 0.1) is 0 Å². The predicted molar refractivity (Wildman–Crippen MR) is 74.7 cm³/mol. The van der Waals surface area contributed by atoms with E-state index in [0.717, 1.165) is 17.1 Å². The van der Waals surface area contributed by atoms with E-state index in [1.807, 2.05) is 11.6 Å². The molecule has 0 spiro atoms. The summed E-state index contributed by atoms with van der Waals surface area (Å²) < 4.78 is 1.87. The summed E-state index contributed by atoms with van der Waals surface area (Å²) in [6, 6.07) is 2.20. The first-order valence-corrected chi connectivity index (χ1v) is 7.81. The molecule has 0 bridgehead atoms. The average Bonchev–Trinajstić information content (AvgIpc) is 2.99. The summed E-state index contributed by atoms with van der Waals surface area (Å²) in [4.78, 5) is 13.2. The Bertz CT molecular complexity index is 611. The van der Waals surface area contributed by atoms with Gasteiger partial charge in [0.25, 0.3) is 0 Å².